The number of pyridine rings is 1. The molecule has 2 aromatic heterocycles. The Labute approximate surface area is 277 Å². The number of rotatable bonds is 10. The number of fused-ring (bicyclic) bond motifs is 2. The number of primary amides is 1. The van der Waals surface area contributed by atoms with Crippen LogP contribution in [0.3, 0.4) is 0 Å². The predicted molar refractivity (Wildman–Crippen MR) is 167 cm³/mol. The van der Waals surface area contributed by atoms with Gasteiger partial charge in [0, 0.05) is 41.1 Å². The van der Waals surface area contributed by atoms with Crippen LogP contribution in [0.25, 0.3) is 22.2 Å². The van der Waals surface area contributed by atoms with Gasteiger partial charge in [-0.15, -0.1) is 0 Å². The molecule has 1 aliphatic heterocycles. The lowest BCUT2D eigenvalue weighted by molar-refractivity contribution is -0.123. The summed E-state index contributed by atoms with van der Waals surface area (Å²) >= 11 is 6.24. The van der Waals surface area contributed by atoms with Crippen molar-refractivity contribution in [1.82, 2.24) is 20.1 Å². The maximum atomic E-state index is 14.9. The minimum atomic E-state index is -1.75. The molecular formula is C34H31ClF3N5O5. The first-order valence-corrected chi connectivity index (χ1v) is 16.2. The first-order valence-electron chi connectivity index (χ1n) is 15.8. The second-order valence-corrected chi connectivity index (χ2v) is 13.9. The average Bonchev–Trinajstić information content (AvgIpc) is 4.00. The second-order valence-electron chi connectivity index (χ2n) is 13.5. The van der Waals surface area contributed by atoms with E-state index in [0.29, 0.717) is 47.9 Å². The fraction of sp³-hybridized carbons (Fsp3) is 0.412. The number of benzene rings is 2. The molecule has 1 unspecified atom stereocenters. The molecule has 3 aliphatic carbocycles. The van der Waals surface area contributed by atoms with Crippen LogP contribution in [0.5, 0.6) is 11.5 Å². The zero-order chi connectivity index (χ0) is 33.7. The lowest BCUT2D eigenvalue weighted by atomic mass is 9.81. The highest BCUT2D eigenvalue weighted by molar-refractivity contribution is 6.33. The van der Waals surface area contributed by atoms with Crippen LogP contribution in [0.4, 0.5) is 13.2 Å². The van der Waals surface area contributed by atoms with Crippen molar-refractivity contribution in [1.29, 1.82) is 0 Å². The number of hydrogen-bond acceptors (Lipinski definition) is 7. The summed E-state index contributed by atoms with van der Waals surface area (Å²) in [5.41, 5.74) is 3.74. The summed E-state index contributed by atoms with van der Waals surface area (Å²) in [7, 11) is 0. The molecule has 2 atom stereocenters. The third kappa shape index (κ3) is 4.97. The molecule has 4 aliphatic rings. The summed E-state index contributed by atoms with van der Waals surface area (Å²) in [6.45, 7) is 1.14. The Bertz CT molecular complexity index is 2050. The van der Waals surface area contributed by atoms with Crippen molar-refractivity contribution in [3.8, 4) is 22.8 Å². The van der Waals surface area contributed by atoms with Crippen molar-refractivity contribution < 1.29 is 37.3 Å². The van der Waals surface area contributed by atoms with Gasteiger partial charge < -0.3 is 25.6 Å². The Balaban J connectivity index is 1.17. The Morgan fingerprint density at radius 1 is 1.21 bits per heavy atom. The quantitative estimate of drug-likeness (QED) is 0.197. The van der Waals surface area contributed by atoms with Crippen molar-refractivity contribution in [3.05, 3.63) is 70.0 Å². The Morgan fingerprint density at radius 2 is 1.96 bits per heavy atom. The van der Waals surface area contributed by atoms with Gasteiger partial charge in [-0.3, -0.25) is 9.59 Å². The molecule has 250 valence electrons. The number of nitrogens with two attached hydrogens (primary N) is 1. The summed E-state index contributed by atoms with van der Waals surface area (Å²) < 4.78 is 56.7. The summed E-state index contributed by atoms with van der Waals surface area (Å²) in [4.78, 5) is 31.0. The number of alkyl halides is 1. The molecule has 2 aromatic carbocycles. The summed E-state index contributed by atoms with van der Waals surface area (Å²) in [5.74, 6) is -5.07. The van der Waals surface area contributed by atoms with E-state index in [0.717, 1.165) is 18.9 Å². The smallest absolute Gasteiger partial charge is 0.251 e. The number of carbonyl (C=O) groups is 2. The number of hydrogen-bond donors (Lipinski definition) is 3. The van der Waals surface area contributed by atoms with E-state index in [1.165, 1.54) is 16.8 Å². The molecule has 3 heterocycles. The first-order chi connectivity index (χ1) is 22.8. The van der Waals surface area contributed by atoms with E-state index in [4.69, 9.17) is 26.8 Å². The molecule has 8 rings (SSSR count). The number of aromatic nitrogens is 3. The lowest BCUT2D eigenvalue weighted by Crippen LogP contribution is -2.44. The van der Waals surface area contributed by atoms with E-state index in [1.807, 2.05) is 0 Å². The number of amides is 2. The number of halogens is 4. The second kappa shape index (κ2) is 10.6. The molecule has 14 heteroatoms. The number of ether oxygens (including phenoxy) is 2. The van der Waals surface area contributed by atoms with Gasteiger partial charge in [0.1, 0.15) is 40.3 Å². The van der Waals surface area contributed by atoms with Crippen LogP contribution in [-0.2, 0) is 21.6 Å². The van der Waals surface area contributed by atoms with Crippen LogP contribution in [-0.4, -0.2) is 50.9 Å². The van der Waals surface area contributed by atoms with Gasteiger partial charge >= 0.3 is 0 Å². The standard InChI is InChI=1S/C34H31ClF3N5O5/c1-32(31(39)45)15-47-29-21(32)12-24(41-28(29)20-6-7-22(36)26(37)25(20)35)34(46,18-2-3-18)14-40-30(44)16-10-17-13-43(33(38)8-9-33)42-27(17)23(11-16)48-19-4-5-19/h6-7,10-13,18-19,46H,2-5,8-9,14-15H2,1H3,(H2,39,45)(H,40,44)/t32-,34?/m0/s1. The fourth-order valence-corrected chi connectivity index (χ4v) is 6.49. The molecule has 3 saturated carbocycles. The maximum absolute atomic E-state index is 14.9. The third-order valence-corrected chi connectivity index (χ3v) is 10.2. The zero-order valence-electron chi connectivity index (χ0n) is 25.8. The van der Waals surface area contributed by atoms with Gasteiger partial charge in [0.25, 0.3) is 5.91 Å². The van der Waals surface area contributed by atoms with Crippen LogP contribution < -0.4 is 20.5 Å². The van der Waals surface area contributed by atoms with Crippen molar-refractivity contribution in [2.45, 2.75) is 68.4 Å². The van der Waals surface area contributed by atoms with Crippen LogP contribution in [0.15, 0.2) is 36.5 Å². The van der Waals surface area contributed by atoms with Crippen molar-refractivity contribution >= 4 is 34.3 Å². The molecule has 10 nitrogen and oxygen atoms in total. The summed E-state index contributed by atoms with van der Waals surface area (Å²) in [5, 5.41) is 19.5. The molecule has 3 fully saturated rings. The Morgan fingerprint density at radius 3 is 2.62 bits per heavy atom. The molecule has 48 heavy (non-hydrogen) atoms. The maximum Gasteiger partial charge on any atom is 0.251 e. The van der Waals surface area contributed by atoms with Gasteiger partial charge in [-0.25, -0.2) is 22.8 Å². The highest BCUT2D eigenvalue weighted by Crippen LogP contribution is 2.51. The summed E-state index contributed by atoms with van der Waals surface area (Å²) in [6, 6.07) is 6.81. The minimum absolute atomic E-state index is 0.00452. The molecule has 0 radical (unpaired) electrons. The first kappa shape index (κ1) is 30.9. The highest BCUT2D eigenvalue weighted by Gasteiger charge is 2.50. The van der Waals surface area contributed by atoms with Crippen molar-refractivity contribution in [2.24, 2.45) is 11.7 Å². The van der Waals surface area contributed by atoms with Crippen LogP contribution in [0.2, 0.25) is 5.02 Å². The van der Waals surface area contributed by atoms with Crippen LogP contribution in [0.1, 0.15) is 67.1 Å². The van der Waals surface area contributed by atoms with Crippen LogP contribution >= 0.6 is 11.6 Å². The number of carbonyl (C=O) groups excluding carboxylic acids is 2. The van der Waals surface area contributed by atoms with Gasteiger partial charge in [-0.1, -0.05) is 11.6 Å². The largest absolute Gasteiger partial charge is 0.489 e. The molecule has 0 spiro atoms. The monoisotopic (exact) mass is 681 g/mol. The van der Waals surface area contributed by atoms with E-state index >= 15 is 0 Å². The van der Waals surface area contributed by atoms with Gasteiger partial charge in [0.15, 0.2) is 11.6 Å². The number of nitrogens with one attached hydrogen (secondary N) is 1. The van der Waals surface area contributed by atoms with E-state index in [1.54, 1.807) is 25.3 Å². The normalized spacial score (nSPS) is 22.1. The van der Waals surface area contributed by atoms with Crippen molar-refractivity contribution in [2.75, 3.05) is 13.2 Å². The van der Waals surface area contributed by atoms with E-state index < -0.39 is 45.3 Å². The molecule has 0 saturated heterocycles. The van der Waals surface area contributed by atoms with Crippen LogP contribution in [0, 0.1) is 17.6 Å². The molecule has 4 aromatic rings. The molecule has 2 amide bonds. The van der Waals surface area contributed by atoms with E-state index in [2.05, 4.69) is 15.4 Å². The third-order valence-electron chi connectivity index (χ3n) is 9.85. The fourth-order valence-electron chi connectivity index (χ4n) is 6.25. The zero-order valence-corrected chi connectivity index (χ0v) is 26.5. The van der Waals surface area contributed by atoms with Crippen molar-refractivity contribution in [3.63, 3.8) is 0 Å². The predicted octanol–water partition coefficient (Wildman–Crippen LogP) is 5.15. The SMILES string of the molecule is C[C@]1(C(N)=O)COc2c1cc(C(O)(CNC(=O)c1cc(OC3CC3)c3nn(C4(F)CC4)cc3c1)C1CC1)nc2-c1ccc(F)c(F)c1Cl. The Kier molecular flexibility index (Phi) is 6.81. The average molecular weight is 682 g/mol. The minimum Gasteiger partial charge on any atom is -0.489 e. The van der Waals surface area contributed by atoms with E-state index in [9.17, 15) is 27.9 Å². The van der Waals surface area contributed by atoms with Gasteiger partial charge in [-0.2, -0.15) is 5.10 Å². The Hall–Kier alpha value is -4.36. The summed E-state index contributed by atoms with van der Waals surface area (Å²) in [6.07, 6.45) is 5.25. The van der Waals surface area contributed by atoms with E-state index in [-0.39, 0.29) is 53.4 Å². The molecule has 0 bridgehead atoms. The lowest BCUT2D eigenvalue weighted by Gasteiger charge is -2.30. The molecular weight excluding hydrogens is 651 g/mol. The number of aliphatic hydroxyl groups is 1. The van der Waals surface area contributed by atoms with Gasteiger partial charge in [0.2, 0.25) is 11.7 Å². The highest BCUT2D eigenvalue weighted by atomic mass is 35.5. The van der Waals surface area contributed by atoms with Gasteiger partial charge in [-0.05, 0) is 68.9 Å². The molecule has 4 N–H and O–H groups in total. The topological polar surface area (TPSA) is 142 Å². The number of nitrogens with zero attached hydrogens (tertiary/aromatic N) is 3. The van der Waals surface area contributed by atoms with Gasteiger partial charge in [0.05, 0.1) is 23.4 Å².